The molecule has 0 spiro atoms. The van der Waals surface area contributed by atoms with Crippen LogP contribution in [0.4, 0.5) is 4.79 Å². The zero-order valence-electron chi connectivity index (χ0n) is 17.6. The van der Waals surface area contributed by atoms with E-state index in [1.165, 1.54) is 38.5 Å². The van der Waals surface area contributed by atoms with Gasteiger partial charge in [-0.05, 0) is 81.5 Å². The third-order valence-corrected chi connectivity index (χ3v) is 7.51. The number of amides is 3. The fraction of sp³-hybridized carbons (Fsp3) is 0.864. The van der Waals surface area contributed by atoms with E-state index in [0.717, 1.165) is 30.6 Å². The Labute approximate surface area is 173 Å². The van der Waals surface area contributed by atoms with E-state index in [9.17, 15) is 14.4 Å². The second-order valence-corrected chi connectivity index (χ2v) is 9.91. The molecule has 0 aromatic rings. The number of alkyl carbamates (subject to hydrolysis) is 1. The lowest BCUT2D eigenvalue weighted by molar-refractivity contribution is -0.136. The van der Waals surface area contributed by atoms with Gasteiger partial charge < -0.3 is 20.3 Å². The Kier molecular flexibility index (Phi) is 6.02. The summed E-state index contributed by atoms with van der Waals surface area (Å²) in [6.45, 7) is 3.30. The number of likely N-dealkylation sites (tertiary alicyclic amines) is 1. The Bertz CT molecular complexity index is 615. The lowest BCUT2D eigenvalue weighted by Gasteiger charge is -2.56. The van der Waals surface area contributed by atoms with Crippen molar-refractivity contribution in [3.05, 3.63) is 0 Å². The number of nitrogens with zero attached hydrogens (tertiary/aromatic N) is 1. The Morgan fingerprint density at radius 1 is 1.07 bits per heavy atom. The Morgan fingerprint density at radius 2 is 1.72 bits per heavy atom. The van der Waals surface area contributed by atoms with Gasteiger partial charge in [0.1, 0.15) is 0 Å². The molecule has 5 fully saturated rings. The van der Waals surface area contributed by atoms with Gasteiger partial charge in [0.25, 0.3) is 0 Å². The maximum atomic E-state index is 12.6. The molecule has 7 nitrogen and oxygen atoms in total. The largest absolute Gasteiger partial charge is 0.450 e. The van der Waals surface area contributed by atoms with Crippen LogP contribution in [0.3, 0.4) is 0 Å². The molecule has 5 aliphatic rings. The zero-order chi connectivity index (χ0) is 20.4. The molecule has 1 atom stereocenters. The summed E-state index contributed by atoms with van der Waals surface area (Å²) in [5.41, 5.74) is 0.196. The number of nitrogens with one attached hydrogen (secondary N) is 2. The molecule has 2 N–H and O–H groups in total. The minimum absolute atomic E-state index is 0.0264. The number of hydrogen-bond acceptors (Lipinski definition) is 4. The van der Waals surface area contributed by atoms with Crippen molar-refractivity contribution in [1.82, 2.24) is 15.5 Å². The van der Waals surface area contributed by atoms with Crippen molar-refractivity contribution in [1.29, 1.82) is 0 Å². The molecule has 3 amide bonds. The topological polar surface area (TPSA) is 87.7 Å². The van der Waals surface area contributed by atoms with Gasteiger partial charge in [-0.1, -0.05) is 0 Å². The van der Waals surface area contributed by atoms with Gasteiger partial charge in [-0.15, -0.1) is 0 Å². The monoisotopic (exact) mass is 405 g/mol. The zero-order valence-corrected chi connectivity index (χ0v) is 17.6. The van der Waals surface area contributed by atoms with Gasteiger partial charge in [0.15, 0.2) is 0 Å². The van der Waals surface area contributed by atoms with Crippen molar-refractivity contribution < 1.29 is 19.1 Å². The summed E-state index contributed by atoms with van der Waals surface area (Å²) in [7, 11) is 0. The molecular weight excluding hydrogens is 370 g/mol. The van der Waals surface area contributed by atoms with Crippen molar-refractivity contribution in [3.63, 3.8) is 0 Å². The molecule has 0 radical (unpaired) electrons. The van der Waals surface area contributed by atoms with Crippen LogP contribution in [0.2, 0.25) is 0 Å². The summed E-state index contributed by atoms with van der Waals surface area (Å²) in [4.78, 5) is 38.6. The lowest BCUT2D eigenvalue weighted by atomic mass is 9.49. The van der Waals surface area contributed by atoms with Gasteiger partial charge in [-0.3, -0.25) is 9.59 Å². The summed E-state index contributed by atoms with van der Waals surface area (Å²) in [5, 5.41) is 5.70. The molecule has 4 aliphatic carbocycles. The summed E-state index contributed by atoms with van der Waals surface area (Å²) >= 11 is 0. The minimum Gasteiger partial charge on any atom is -0.450 e. The van der Waals surface area contributed by atoms with Gasteiger partial charge in [-0.2, -0.15) is 0 Å². The molecular formula is C22H35N3O4. The summed E-state index contributed by atoms with van der Waals surface area (Å²) in [5.74, 6) is 2.44. The van der Waals surface area contributed by atoms with Gasteiger partial charge >= 0.3 is 6.09 Å². The van der Waals surface area contributed by atoms with E-state index in [-0.39, 0.29) is 29.8 Å². The van der Waals surface area contributed by atoms with E-state index in [1.54, 1.807) is 11.8 Å². The fourth-order valence-electron chi connectivity index (χ4n) is 6.86. The van der Waals surface area contributed by atoms with Gasteiger partial charge in [-0.25, -0.2) is 4.79 Å². The molecule has 162 valence electrons. The number of ether oxygens (including phenoxy) is 1. The third kappa shape index (κ3) is 4.86. The normalized spacial score (nSPS) is 35.3. The molecule has 5 rings (SSSR count). The van der Waals surface area contributed by atoms with Crippen LogP contribution < -0.4 is 10.6 Å². The fourth-order valence-corrected chi connectivity index (χ4v) is 6.86. The SMILES string of the molecule is CCOC(=O)NC1CCCN(C(=O)CNC(=O)CC23CC4CC(CC(C4)C2)C3)C1. The Hall–Kier alpha value is -1.79. The summed E-state index contributed by atoms with van der Waals surface area (Å²) in [6.07, 6.45) is 9.53. The lowest BCUT2D eigenvalue weighted by Crippen LogP contribution is -2.52. The van der Waals surface area contributed by atoms with E-state index in [1.807, 2.05) is 0 Å². The van der Waals surface area contributed by atoms with Gasteiger partial charge in [0.2, 0.25) is 11.8 Å². The van der Waals surface area contributed by atoms with Crippen molar-refractivity contribution in [2.45, 2.75) is 70.8 Å². The Balaban J connectivity index is 1.22. The number of hydrogen-bond donors (Lipinski definition) is 2. The third-order valence-electron chi connectivity index (χ3n) is 7.51. The standard InChI is InChI=1S/C22H35N3O4/c1-2-29-21(28)24-18-4-3-5-25(14-18)20(27)13-23-19(26)12-22-9-15-6-16(10-22)8-17(7-15)11-22/h15-18H,2-14H2,1H3,(H,23,26)(H,24,28). The molecule has 1 aliphatic heterocycles. The predicted octanol–water partition coefficient (Wildman–Crippen LogP) is 2.45. The average Bonchev–Trinajstić information content (AvgIpc) is 2.65. The molecule has 4 saturated carbocycles. The number of carbonyl (C=O) groups excluding carboxylic acids is 3. The molecule has 29 heavy (non-hydrogen) atoms. The molecule has 1 saturated heterocycles. The molecule has 1 unspecified atom stereocenters. The number of rotatable bonds is 6. The van der Waals surface area contributed by atoms with Gasteiger partial charge in [0, 0.05) is 25.6 Å². The highest BCUT2D eigenvalue weighted by Crippen LogP contribution is 2.61. The van der Waals surface area contributed by atoms with Crippen LogP contribution in [0.15, 0.2) is 0 Å². The van der Waals surface area contributed by atoms with Crippen LogP contribution in [0, 0.1) is 23.2 Å². The molecule has 7 heteroatoms. The first kappa shape index (κ1) is 20.5. The van der Waals surface area contributed by atoms with Gasteiger partial charge in [0.05, 0.1) is 13.2 Å². The maximum absolute atomic E-state index is 12.6. The molecule has 0 aromatic heterocycles. The summed E-state index contributed by atoms with van der Waals surface area (Å²) in [6, 6.07) is -0.0884. The van der Waals surface area contributed by atoms with Crippen LogP contribution in [0.25, 0.3) is 0 Å². The van der Waals surface area contributed by atoms with Crippen LogP contribution in [0.5, 0.6) is 0 Å². The van der Waals surface area contributed by atoms with E-state index in [0.29, 0.717) is 26.1 Å². The highest BCUT2D eigenvalue weighted by atomic mass is 16.5. The van der Waals surface area contributed by atoms with Crippen molar-refractivity contribution in [2.75, 3.05) is 26.2 Å². The minimum atomic E-state index is -0.435. The molecule has 0 aromatic carbocycles. The average molecular weight is 406 g/mol. The first-order chi connectivity index (χ1) is 13.9. The van der Waals surface area contributed by atoms with E-state index >= 15 is 0 Å². The first-order valence-electron chi connectivity index (χ1n) is 11.4. The highest BCUT2D eigenvalue weighted by Gasteiger charge is 2.51. The van der Waals surface area contributed by atoms with E-state index in [4.69, 9.17) is 4.74 Å². The number of carbonyl (C=O) groups is 3. The van der Waals surface area contributed by atoms with Crippen molar-refractivity contribution >= 4 is 17.9 Å². The van der Waals surface area contributed by atoms with Crippen molar-refractivity contribution in [3.8, 4) is 0 Å². The van der Waals surface area contributed by atoms with E-state index < -0.39 is 6.09 Å². The number of piperidine rings is 1. The Morgan fingerprint density at radius 3 is 2.34 bits per heavy atom. The summed E-state index contributed by atoms with van der Waals surface area (Å²) < 4.78 is 4.92. The van der Waals surface area contributed by atoms with Crippen molar-refractivity contribution in [2.24, 2.45) is 23.2 Å². The highest BCUT2D eigenvalue weighted by molar-refractivity contribution is 5.85. The first-order valence-corrected chi connectivity index (χ1v) is 11.4. The maximum Gasteiger partial charge on any atom is 0.407 e. The quantitative estimate of drug-likeness (QED) is 0.711. The van der Waals surface area contributed by atoms with E-state index in [2.05, 4.69) is 10.6 Å². The van der Waals surface area contributed by atoms with Crippen LogP contribution in [-0.4, -0.2) is 55.1 Å². The second kappa shape index (κ2) is 8.52. The van der Waals surface area contributed by atoms with Crippen LogP contribution in [0.1, 0.15) is 64.7 Å². The smallest absolute Gasteiger partial charge is 0.407 e. The second-order valence-electron chi connectivity index (χ2n) is 9.91. The predicted molar refractivity (Wildman–Crippen MR) is 108 cm³/mol. The van der Waals surface area contributed by atoms with Crippen LogP contribution >= 0.6 is 0 Å². The molecule has 4 bridgehead atoms. The molecule has 1 heterocycles. The van der Waals surface area contributed by atoms with Crippen LogP contribution in [-0.2, 0) is 14.3 Å².